The Kier molecular flexibility index (Phi) is 14.5. The Morgan fingerprint density at radius 3 is 2.09 bits per heavy atom. The highest BCUT2D eigenvalue weighted by molar-refractivity contribution is 6.00. The third-order valence-electron chi connectivity index (χ3n) is 8.52. The molecule has 8 nitrogen and oxygen atoms in total. The molecule has 8 heteroatoms. The molecule has 0 unspecified atom stereocenters. The first-order chi connectivity index (χ1) is 20.9. The summed E-state index contributed by atoms with van der Waals surface area (Å²) >= 11 is 0. The number of fused-ring (bicyclic) bond motifs is 2. The summed E-state index contributed by atoms with van der Waals surface area (Å²) < 4.78 is 16.1. The number of hydrogen-bond acceptors (Lipinski definition) is 8. The van der Waals surface area contributed by atoms with E-state index in [1.54, 1.807) is 0 Å². The summed E-state index contributed by atoms with van der Waals surface area (Å²) in [5.74, 6) is 1.08. The van der Waals surface area contributed by atoms with Crippen molar-refractivity contribution in [3.63, 3.8) is 0 Å². The molecule has 248 valence electrons. The van der Waals surface area contributed by atoms with Gasteiger partial charge in [0.05, 0.1) is 37.6 Å². The number of aryl methyl sites for hydroxylation is 1. The van der Waals surface area contributed by atoms with Gasteiger partial charge in [0.1, 0.15) is 11.5 Å². The first kappa shape index (κ1) is 37.7. The average molecular weight is 623 g/mol. The van der Waals surface area contributed by atoms with Gasteiger partial charge in [-0.2, -0.15) is 0 Å². The minimum Gasteiger partial charge on any atom is -0.494 e. The fraction of sp³-hybridized carbons (Fsp3) is 0.541. The fourth-order valence-corrected chi connectivity index (χ4v) is 5.10. The number of ether oxygens (including phenoxy) is 3. The second-order valence-electron chi connectivity index (χ2n) is 12.4. The van der Waals surface area contributed by atoms with Gasteiger partial charge >= 0.3 is 5.97 Å². The molecule has 0 saturated carbocycles. The number of carbonyl (C=O) groups is 1. The van der Waals surface area contributed by atoms with Gasteiger partial charge in [0.15, 0.2) is 0 Å². The highest BCUT2D eigenvalue weighted by Crippen LogP contribution is 2.42. The van der Waals surface area contributed by atoms with Crippen LogP contribution in [-0.2, 0) is 36.4 Å². The summed E-state index contributed by atoms with van der Waals surface area (Å²) in [6.45, 7) is 20.5. The van der Waals surface area contributed by atoms with E-state index in [1.165, 1.54) is 22.4 Å². The van der Waals surface area contributed by atoms with Crippen LogP contribution in [0.1, 0.15) is 105 Å². The monoisotopic (exact) mass is 622 g/mol. The molecule has 0 spiro atoms. The van der Waals surface area contributed by atoms with Crippen LogP contribution in [0.2, 0.25) is 0 Å². The maximum Gasteiger partial charge on any atom is 0.308 e. The standard InChI is InChI=1S/C19H27NO3.C17H23NO3.CH4/c1-5-23-18(21)10-12-22-11-6-7-15-8-9-17-16(13-15)19(3,4)14(2)20-17;1-12(21-19)7-5-6-10-20-14-8-9-16-15(11-14)17(3,4)13(2)18-16;/h8-9,13H,5-7,10-12H2,1-4H3;8-9,11,19H,1,5-7,10H2,2-4H3;1H4. The second-order valence-corrected chi connectivity index (χ2v) is 12.4. The van der Waals surface area contributed by atoms with Crippen molar-refractivity contribution in [1.29, 1.82) is 0 Å². The van der Waals surface area contributed by atoms with Crippen molar-refractivity contribution in [3.8, 4) is 5.75 Å². The normalized spacial score (nSPS) is 14.9. The zero-order chi connectivity index (χ0) is 32.3. The van der Waals surface area contributed by atoms with Gasteiger partial charge in [-0.25, -0.2) is 5.26 Å². The molecule has 1 N–H and O–H groups in total. The van der Waals surface area contributed by atoms with E-state index in [9.17, 15) is 4.79 Å². The Hall–Kier alpha value is -3.49. The lowest BCUT2D eigenvalue weighted by Gasteiger charge is -2.20. The van der Waals surface area contributed by atoms with Gasteiger partial charge < -0.3 is 19.1 Å². The van der Waals surface area contributed by atoms with E-state index in [0.29, 0.717) is 45.0 Å². The van der Waals surface area contributed by atoms with Crippen molar-refractivity contribution >= 4 is 28.8 Å². The first-order valence-corrected chi connectivity index (χ1v) is 15.6. The van der Waals surface area contributed by atoms with Gasteiger partial charge in [0.2, 0.25) is 0 Å². The number of allylic oxidation sites excluding steroid dienone is 1. The van der Waals surface area contributed by atoms with Crippen molar-refractivity contribution in [2.24, 2.45) is 9.98 Å². The van der Waals surface area contributed by atoms with Crippen molar-refractivity contribution in [2.45, 2.75) is 105 Å². The van der Waals surface area contributed by atoms with E-state index in [-0.39, 0.29) is 24.2 Å². The fourth-order valence-electron chi connectivity index (χ4n) is 5.10. The maximum absolute atomic E-state index is 11.2. The molecular weight excluding hydrogens is 568 g/mol. The van der Waals surface area contributed by atoms with Crippen LogP contribution in [0, 0.1) is 0 Å². The molecule has 2 aromatic carbocycles. The molecule has 0 bridgehead atoms. The summed E-state index contributed by atoms with van der Waals surface area (Å²) in [6.07, 6.45) is 4.65. The van der Waals surface area contributed by atoms with E-state index in [2.05, 4.69) is 87.3 Å². The topological polar surface area (TPSA) is 98.9 Å². The number of hydrogen-bond donors (Lipinski definition) is 1. The predicted octanol–water partition coefficient (Wildman–Crippen LogP) is 9.23. The smallest absolute Gasteiger partial charge is 0.308 e. The van der Waals surface area contributed by atoms with Gasteiger partial charge in [0.25, 0.3) is 0 Å². The Bertz CT molecular complexity index is 1360. The second kappa shape index (κ2) is 17.3. The molecule has 0 atom stereocenters. The number of benzene rings is 2. The minimum absolute atomic E-state index is 0. The van der Waals surface area contributed by atoms with Crippen LogP contribution >= 0.6 is 0 Å². The SMILES string of the molecule is C.C=C(CCCCOc1ccc2c(c1)C(C)(C)C(C)=N2)OO.CCOC(=O)CCOCCCc1ccc2c(c1)C(C)(C)C(C)=N2. The zero-order valence-corrected chi connectivity index (χ0v) is 27.6. The molecule has 0 saturated heterocycles. The molecule has 0 fully saturated rings. The van der Waals surface area contributed by atoms with E-state index < -0.39 is 0 Å². The molecule has 0 amide bonds. The highest BCUT2D eigenvalue weighted by atomic mass is 17.1. The first-order valence-electron chi connectivity index (χ1n) is 15.6. The lowest BCUT2D eigenvalue weighted by atomic mass is 9.81. The molecule has 45 heavy (non-hydrogen) atoms. The van der Waals surface area contributed by atoms with E-state index in [1.807, 2.05) is 19.1 Å². The third-order valence-corrected chi connectivity index (χ3v) is 8.52. The van der Waals surface area contributed by atoms with Crippen LogP contribution in [0.25, 0.3) is 0 Å². The zero-order valence-electron chi connectivity index (χ0n) is 27.6. The van der Waals surface area contributed by atoms with Gasteiger partial charge in [-0.15, -0.1) is 0 Å². The van der Waals surface area contributed by atoms with Crippen LogP contribution in [0.5, 0.6) is 5.75 Å². The number of unbranched alkanes of at least 4 members (excludes halogenated alkanes) is 1. The summed E-state index contributed by atoms with van der Waals surface area (Å²) in [7, 11) is 0. The van der Waals surface area contributed by atoms with Crippen LogP contribution in [0.4, 0.5) is 11.4 Å². The van der Waals surface area contributed by atoms with Crippen LogP contribution in [0.3, 0.4) is 0 Å². The van der Waals surface area contributed by atoms with Crippen molar-refractivity contribution < 1.29 is 29.1 Å². The molecule has 2 heterocycles. The van der Waals surface area contributed by atoms with E-state index in [4.69, 9.17) is 19.5 Å². The Morgan fingerprint density at radius 1 is 0.844 bits per heavy atom. The van der Waals surface area contributed by atoms with Crippen molar-refractivity contribution in [2.75, 3.05) is 26.4 Å². The molecule has 2 aromatic rings. The predicted molar refractivity (Wildman–Crippen MR) is 184 cm³/mol. The number of carbonyl (C=O) groups excluding carboxylic acids is 1. The van der Waals surface area contributed by atoms with Gasteiger partial charge in [0, 0.05) is 35.3 Å². The third kappa shape index (κ3) is 10.3. The summed E-state index contributed by atoms with van der Waals surface area (Å²) in [5, 5.41) is 8.39. The molecule has 2 aliphatic rings. The Balaban J connectivity index is 0.000000308. The number of aliphatic imine (C=N–C) groups is 2. The summed E-state index contributed by atoms with van der Waals surface area (Å²) in [5.41, 5.74) is 8.31. The number of nitrogens with zero attached hydrogens (tertiary/aromatic N) is 2. The van der Waals surface area contributed by atoms with E-state index in [0.717, 1.165) is 48.5 Å². The highest BCUT2D eigenvalue weighted by Gasteiger charge is 2.33. The summed E-state index contributed by atoms with van der Waals surface area (Å²) in [4.78, 5) is 24.5. The summed E-state index contributed by atoms with van der Waals surface area (Å²) in [6, 6.07) is 12.6. The number of esters is 1. The molecule has 0 aliphatic carbocycles. The van der Waals surface area contributed by atoms with Gasteiger partial charge in [-0.1, -0.05) is 53.8 Å². The van der Waals surface area contributed by atoms with Crippen LogP contribution < -0.4 is 4.74 Å². The molecule has 0 radical (unpaired) electrons. The van der Waals surface area contributed by atoms with Crippen molar-refractivity contribution in [3.05, 3.63) is 65.4 Å². The molecule has 4 rings (SSSR count). The Morgan fingerprint density at radius 2 is 1.47 bits per heavy atom. The van der Waals surface area contributed by atoms with Crippen LogP contribution in [-0.4, -0.2) is 49.1 Å². The van der Waals surface area contributed by atoms with Gasteiger partial charge in [-0.3, -0.25) is 14.8 Å². The van der Waals surface area contributed by atoms with Gasteiger partial charge in [-0.05, 0) is 87.4 Å². The molecule has 0 aromatic heterocycles. The lowest BCUT2D eigenvalue weighted by Crippen LogP contribution is -2.22. The maximum atomic E-state index is 11.2. The Labute approximate surface area is 270 Å². The van der Waals surface area contributed by atoms with Crippen molar-refractivity contribution in [1.82, 2.24) is 0 Å². The quantitative estimate of drug-likeness (QED) is 0.0699. The minimum atomic E-state index is -0.191. The largest absolute Gasteiger partial charge is 0.494 e. The van der Waals surface area contributed by atoms with Crippen LogP contribution in [0.15, 0.2) is 58.7 Å². The molecule has 2 aliphatic heterocycles. The van der Waals surface area contributed by atoms with E-state index >= 15 is 0 Å². The number of rotatable bonds is 15. The molecular formula is C37H54N2O6. The average Bonchev–Trinajstić information content (AvgIpc) is 3.36. The lowest BCUT2D eigenvalue weighted by molar-refractivity contribution is -0.205.